The smallest absolute Gasteiger partial charge is 0.120 e. The maximum Gasteiger partial charge on any atom is 0.120 e. The van der Waals surface area contributed by atoms with Gasteiger partial charge in [-0.2, -0.15) is 0 Å². The Hall–Kier alpha value is -1.20. The van der Waals surface area contributed by atoms with Crippen LogP contribution in [0.1, 0.15) is 40.7 Å². The van der Waals surface area contributed by atoms with E-state index in [4.69, 9.17) is 4.98 Å². The molecule has 0 unspecified atom stereocenters. The van der Waals surface area contributed by atoms with Crippen LogP contribution in [0.2, 0.25) is 0 Å². The number of rotatable bonds is 6. The van der Waals surface area contributed by atoms with Gasteiger partial charge in [-0.25, -0.2) is 9.97 Å². The molecule has 4 nitrogen and oxygen atoms in total. The molecule has 3 rings (SSSR count). The molecule has 0 spiro atoms. The number of aromatic nitrogens is 3. The molecule has 2 aromatic rings. The van der Waals surface area contributed by atoms with Crippen LogP contribution in [0.5, 0.6) is 0 Å². The first kappa shape index (κ1) is 12.8. The summed E-state index contributed by atoms with van der Waals surface area (Å²) in [6.45, 7) is 1.84. The summed E-state index contributed by atoms with van der Waals surface area (Å²) in [5, 5.41) is 4.73. The summed E-state index contributed by atoms with van der Waals surface area (Å²) >= 11 is 1.93. The van der Waals surface area contributed by atoms with Gasteiger partial charge in [0.2, 0.25) is 0 Å². The Morgan fingerprint density at radius 1 is 1.32 bits per heavy atom. The summed E-state index contributed by atoms with van der Waals surface area (Å²) < 4.78 is 0. The Morgan fingerprint density at radius 3 is 3.11 bits per heavy atom. The molecule has 0 bridgehead atoms. The molecule has 1 aliphatic rings. The summed E-state index contributed by atoms with van der Waals surface area (Å²) in [7, 11) is 0. The SMILES string of the molecule is c1c[nH]c(CNCCCc2nc3c(s2)CCCC3)n1. The Morgan fingerprint density at radius 2 is 2.26 bits per heavy atom. The van der Waals surface area contributed by atoms with Crippen molar-refractivity contribution < 1.29 is 0 Å². The lowest BCUT2D eigenvalue weighted by Crippen LogP contribution is -2.16. The van der Waals surface area contributed by atoms with Crippen molar-refractivity contribution in [1.29, 1.82) is 0 Å². The molecule has 2 aromatic heterocycles. The van der Waals surface area contributed by atoms with Crippen LogP contribution in [0.4, 0.5) is 0 Å². The van der Waals surface area contributed by atoms with Crippen LogP contribution in [0.15, 0.2) is 12.4 Å². The summed E-state index contributed by atoms with van der Waals surface area (Å²) in [6, 6.07) is 0. The Bertz CT molecular complexity index is 480. The Balaban J connectivity index is 1.39. The summed E-state index contributed by atoms with van der Waals surface area (Å²) in [5.41, 5.74) is 1.38. The first-order valence-corrected chi connectivity index (χ1v) is 7.90. The van der Waals surface area contributed by atoms with Crippen LogP contribution in [0, 0.1) is 0 Å². The second kappa shape index (κ2) is 6.30. The van der Waals surface area contributed by atoms with Crippen molar-refractivity contribution in [3.8, 4) is 0 Å². The second-order valence-corrected chi connectivity index (χ2v) is 6.17. The van der Waals surface area contributed by atoms with Crippen LogP contribution in [-0.4, -0.2) is 21.5 Å². The van der Waals surface area contributed by atoms with Gasteiger partial charge in [0.05, 0.1) is 17.2 Å². The molecule has 2 N–H and O–H groups in total. The topological polar surface area (TPSA) is 53.6 Å². The van der Waals surface area contributed by atoms with Gasteiger partial charge in [-0.3, -0.25) is 0 Å². The van der Waals surface area contributed by atoms with E-state index in [1.54, 1.807) is 11.1 Å². The van der Waals surface area contributed by atoms with Crippen molar-refractivity contribution in [2.45, 2.75) is 45.1 Å². The first-order valence-electron chi connectivity index (χ1n) is 7.08. The highest BCUT2D eigenvalue weighted by molar-refractivity contribution is 7.11. The fourth-order valence-corrected chi connectivity index (χ4v) is 3.68. The van der Waals surface area contributed by atoms with E-state index in [9.17, 15) is 0 Å². The quantitative estimate of drug-likeness (QED) is 0.797. The molecule has 102 valence electrons. The van der Waals surface area contributed by atoms with Gasteiger partial charge < -0.3 is 10.3 Å². The van der Waals surface area contributed by atoms with E-state index in [-0.39, 0.29) is 0 Å². The van der Waals surface area contributed by atoms with E-state index in [1.165, 1.54) is 36.4 Å². The van der Waals surface area contributed by atoms with Crippen molar-refractivity contribution in [3.63, 3.8) is 0 Å². The molecule has 0 amide bonds. The zero-order valence-corrected chi connectivity index (χ0v) is 11.9. The van der Waals surface area contributed by atoms with Crippen LogP contribution in [0.3, 0.4) is 0 Å². The van der Waals surface area contributed by atoms with E-state index < -0.39 is 0 Å². The average Bonchev–Trinajstić information content (AvgIpc) is 3.06. The van der Waals surface area contributed by atoms with Gasteiger partial charge in [-0.05, 0) is 38.6 Å². The fraction of sp³-hybridized carbons (Fsp3) is 0.571. The lowest BCUT2D eigenvalue weighted by atomic mass is 10.0. The minimum absolute atomic E-state index is 0.821. The number of H-pyrrole nitrogens is 1. The van der Waals surface area contributed by atoms with Crippen LogP contribution >= 0.6 is 11.3 Å². The van der Waals surface area contributed by atoms with E-state index in [0.29, 0.717) is 0 Å². The van der Waals surface area contributed by atoms with Crippen molar-refractivity contribution in [2.24, 2.45) is 0 Å². The molecular weight excluding hydrogens is 256 g/mol. The van der Waals surface area contributed by atoms with E-state index in [2.05, 4.69) is 15.3 Å². The number of aryl methyl sites for hydroxylation is 3. The van der Waals surface area contributed by atoms with Crippen molar-refractivity contribution in [3.05, 3.63) is 33.8 Å². The standard InChI is InChI=1S/C14H20N4S/c1-2-5-12-11(4-1)18-14(19-12)6-3-7-15-10-13-16-8-9-17-13/h8-9,15H,1-7,10H2,(H,16,17). The minimum Gasteiger partial charge on any atom is -0.348 e. The van der Waals surface area contributed by atoms with Gasteiger partial charge in [0.25, 0.3) is 0 Å². The zero-order chi connectivity index (χ0) is 12.9. The van der Waals surface area contributed by atoms with Gasteiger partial charge in [-0.15, -0.1) is 11.3 Å². The highest BCUT2D eigenvalue weighted by Gasteiger charge is 2.14. The Labute approximate surface area is 117 Å². The molecule has 1 aliphatic carbocycles. The predicted octanol–water partition coefficient (Wildman–Crippen LogP) is 2.47. The maximum atomic E-state index is 4.77. The van der Waals surface area contributed by atoms with Crippen molar-refractivity contribution in [1.82, 2.24) is 20.3 Å². The van der Waals surface area contributed by atoms with Gasteiger partial charge >= 0.3 is 0 Å². The minimum atomic E-state index is 0.821. The normalized spacial score (nSPS) is 14.5. The number of fused-ring (bicyclic) bond motifs is 1. The Kier molecular flexibility index (Phi) is 4.25. The fourth-order valence-electron chi connectivity index (χ4n) is 2.48. The van der Waals surface area contributed by atoms with E-state index in [0.717, 1.165) is 31.8 Å². The maximum absolute atomic E-state index is 4.77. The van der Waals surface area contributed by atoms with Crippen molar-refractivity contribution in [2.75, 3.05) is 6.54 Å². The molecule has 0 fully saturated rings. The number of aromatic amines is 1. The second-order valence-electron chi connectivity index (χ2n) is 5.00. The van der Waals surface area contributed by atoms with E-state index in [1.807, 2.05) is 17.5 Å². The van der Waals surface area contributed by atoms with Crippen LogP contribution in [-0.2, 0) is 25.8 Å². The highest BCUT2D eigenvalue weighted by Crippen LogP contribution is 2.27. The van der Waals surface area contributed by atoms with Crippen LogP contribution < -0.4 is 5.32 Å². The van der Waals surface area contributed by atoms with Gasteiger partial charge in [0.1, 0.15) is 5.82 Å². The summed E-state index contributed by atoms with van der Waals surface area (Å²) in [6.07, 6.45) is 11.0. The molecule has 0 saturated carbocycles. The molecule has 19 heavy (non-hydrogen) atoms. The summed E-state index contributed by atoms with van der Waals surface area (Å²) in [5.74, 6) is 1.00. The molecular formula is C14H20N4S. The molecule has 0 atom stereocenters. The van der Waals surface area contributed by atoms with Crippen LogP contribution in [0.25, 0.3) is 0 Å². The van der Waals surface area contributed by atoms with Gasteiger partial charge in [0, 0.05) is 23.7 Å². The van der Waals surface area contributed by atoms with Gasteiger partial charge in [-0.1, -0.05) is 0 Å². The monoisotopic (exact) mass is 276 g/mol. The molecule has 0 radical (unpaired) electrons. The van der Waals surface area contributed by atoms with E-state index >= 15 is 0 Å². The average molecular weight is 276 g/mol. The number of nitrogens with one attached hydrogen (secondary N) is 2. The number of thiazole rings is 1. The molecule has 2 heterocycles. The molecule has 0 saturated heterocycles. The first-order chi connectivity index (χ1) is 9.42. The zero-order valence-electron chi connectivity index (χ0n) is 11.1. The third-order valence-electron chi connectivity index (χ3n) is 3.48. The number of hydrogen-bond acceptors (Lipinski definition) is 4. The number of nitrogens with zero attached hydrogens (tertiary/aromatic N) is 2. The molecule has 0 aliphatic heterocycles. The lowest BCUT2D eigenvalue weighted by molar-refractivity contribution is 0.630. The molecule has 5 heteroatoms. The van der Waals surface area contributed by atoms with Crippen molar-refractivity contribution >= 4 is 11.3 Å². The lowest BCUT2D eigenvalue weighted by Gasteiger charge is -2.06. The number of imidazole rings is 1. The highest BCUT2D eigenvalue weighted by atomic mass is 32.1. The largest absolute Gasteiger partial charge is 0.348 e. The third-order valence-corrected chi connectivity index (χ3v) is 4.70. The predicted molar refractivity (Wildman–Crippen MR) is 77.4 cm³/mol. The third kappa shape index (κ3) is 3.42. The summed E-state index contributed by atoms with van der Waals surface area (Å²) in [4.78, 5) is 13.6. The molecule has 0 aromatic carbocycles. The van der Waals surface area contributed by atoms with Gasteiger partial charge in [0.15, 0.2) is 0 Å². The number of hydrogen-bond donors (Lipinski definition) is 2.